The van der Waals surface area contributed by atoms with E-state index in [4.69, 9.17) is 12.2 Å². The van der Waals surface area contributed by atoms with Gasteiger partial charge >= 0.3 is 0 Å². The fraction of sp³-hybridized carbons (Fsp3) is 0.273. The lowest BCUT2D eigenvalue weighted by molar-refractivity contribution is 0.0977. The average Bonchev–Trinajstić information content (AvgIpc) is 2.21. The Labute approximate surface area is 90.3 Å². The van der Waals surface area contributed by atoms with Crippen LogP contribution < -0.4 is 5.32 Å². The minimum Gasteiger partial charge on any atom is -0.317 e. The number of nitrogens with one attached hydrogen (secondary N) is 1. The molecule has 0 saturated heterocycles. The third-order valence-corrected chi connectivity index (χ3v) is 1.43. The topological polar surface area (TPSA) is 29.1 Å². The van der Waals surface area contributed by atoms with E-state index in [1.807, 2.05) is 32.0 Å². The lowest BCUT2D eigenvalue weighted by Gasteiger charge is -2.00. The van der Waals surface area contributed by atoms with E-state index >= 15 is 0 Å². The van der Waals surface area contributed by atoms with Crippen LogP contribution in [0.5, 0.6) is 0 Å². The molecule has 0 aliphatic heterocycles. The van der Waals surface area contributed by atoms with E-state index < -0.39 is 0 Å². The van der Waals surface area contributed by atoms with Crippen LogP contribution in [0.4, 0.5) is 0 Å². The van der Waals surface area contributed by atoms with Crippen LogP contribution in [-0.4, -0.2) is 10.9 Å². The number of carbonyl (C=O) groups excluding carboxylic acids is 1. The minimum absolute atomic E-state index is 0.150. The summed E-state index contributed by atoms with van der Waals surface area (Å²) in [5.41, 5.74) is 0.627. The van der Waals surface area contributed by atoms with Crippen LogP contribution in [-0.2, 0) is 0 Å². The third kappa shape index (κ3) is 4.72. The summed E-state index contributed by atoms with van der Waals surface area (Å²) in [5, 5.41) is 2.55. The number of rotatable bonds is 1. The van der Waals surface area contributed by atoms with Gasteiger partial charge < -0.3 is 5.32 Å². The molecule has 0 aliphatic carbocycles. The maximum Gasteiger partial charge on any atom is 0.256 e. The fourth-order valence-electron chi connectivity index (χ4n) is 0.822. The molecule has 0 spiro atoms. The van der Waals surface area contributed by atoms with Crippen LogP contribution in [0.1, 0.15) is 31.1 Å². The van der Waals surface area contributed by atoms with E-state index in [2.05, 4.69) is 5.32 Å². The molecule has 0 heterocycles. The number of carbonyl (C=O) groups is 1. The van der Waals surface area contributed by atoms with E-state index in [1.165, 1.54) is 0 Å². The molecular weight excluding hydrogens is 194 g/mol. The zero-order chi connectivity index (χ0) is 11.0. The Bertz CT molecular complexity index is 295. The minimum atomic E-state index is -0.150. The molecule has 14 heavy (non-hydrogen) atoms. The van der Waals surface area contributed by atoms with Crippen molar-refractivity contribution in [1.82, 2.24) is 5.32 Å². The normalized spacial score (nSPS) is 8.21. The first kappa shape index (κ1) is 12.8. The largest absolute Gasteiger partial charge is 0.317 e. The Morgan fingerprint density at radius 1 is 1.21 bits per heavy atom. The molecule has 0 aliphatic rings. The molecule has 0 bridgehead atoms. The Hall–Kier alpha value is -1.22. The lowest BCUT2D eigenvalue weighted by atomic mass is 10.2. The molecule has 0 atom stereocenters. The van der Waals surface area contributed by atoms with Crippen molar-refractivity contribution in [3.63, 3.8) is 0 Å². The molecule has 0 fully saturated rings. The molecule has 3 heteroatoms. The molecule has 1 rings (SSSR count). The van der Waals surface area contributed by atoms with Crippen LogP contribution in [0.25, 0.3) is 0 Å². The van der Waals surface area contributed by atoms with E-state index in [0.29, 0.717) is 10.6 Å². The fourth-order valence-corrected chi connectivity index (χ4v) is 0.914. The van der Waals surface area contributed by atoms with Crippen molar-refractivity contribution in [1.29, 1.82) is 0 Å². The molecule has 1 aromatic rings. The van der Waals surface area contributed by atoms with Crippen molar-refractivity contribution < 1.29 is 4.79 Å². The summed E-state index contributed by atoms with van der Waals surface area (Å²) in [6.45, 7) is 5.68. The summed E-state index contributed by atoms with van der Waals surface area (Å²) in [6.07, 6.45) is 0. The van der Waals surface area contributed by atoms with Crippen LogP contribution in [0.3, 0.4) is 0 Å². The number of hydrogen-bond acceptors (Lipinski definition) is 2. The third-order valence-electron chi connectivity index (χ3n) is 1.33. The van der Waals surface area contributed by atoms with Gasteiger partial charge in [-0.3, -0.25) is 4.79 Å². The second-order valence-electron chi connectivity index (χ2n) is 2.38. The quantitative estimate of drug-likeness (QED) is 0.721. The number of thiocarbonyl (C=S) groups is 1. The molecular formula is C11H15NOS. The number of benzene rings is 1. The summed E-state index contributed by atoms with van der Waals surface area (Å²) in [6, 6.07) is 8.98. The molecule has 2 nitrogen and oxygen atoms in total. The first-order chi connectivity index (χ1) is 6.70. The Morgan fingerprint density at radius 3 is 2.14 bits per heavy atom. The smallest absolute Gasteiger partial charge is 0.256 e. The molecule has 0 saturated carbocycles. The van der Waals surface area contributed by atoms with Crippen molar-refractivity contribution in [3.8, 4) is 0 Å². The van der Waals surface area contributed by atoms with Crippen LogP contribution >= 0.6 is 12.2 Å². The zero-order valence-corrected chi connectivity index (χ0v) is 9.52. The second-order valence-corrected chi connectivity index (χ2v) is 2.99. The van der Waals surface area contributed by atoms with E-state index in [9.17, 15) is 4.79 Å². The highest BCUT2D eigenvalue weighted by atomic mass is 32.1. The van der Waals surface area contributed by atoms with E-state index in [-0.39, 0.29) is 5.91 Å². The predicted molar refractivity (Wildman–Crippen MR) is 63.5 cm³/mol. The highest BCUT2D eigenvalue weighted by molar-refractivity contribution is 7.80. The van der Waals surface area contributed by atoms with Gasteiger partial charge in [0.1, 0.15) is 0 Å². The maximum atomic E-state index is 11.3. The Kier molecular flexibility index (Phi) is 6.58. The molecule has 1 aromatic carbocycles. The Morgan fingerprint density at radius 2 is 1.71 bits per heavy atom. The highest BCUT2D eigenvalue weighted by Crippen LogP contribution is 1.97. The summed E-state index contributed by atoms with van der Waals surface area (Å²) >= 11 is 4.74. The second kappa shape index (κ2) is 7.21. The van der Waals surface area contributed by atoms with E-state index in [1.54, 1.807) is 19.1 Å². The summed E-state index contributed by atoms with van der Waals surface area (Å²) in [7, 11) is 0. The van der Waals surface area contributed by atoms with Gasteiger partial charge in [0.05, 0.1) is 4.99 Å². The standard InChI is InChI=1S/C9H9NOS.C2H6/c1-7(12)10-9(11)8-5-3-2-4-6-8;1-2/h2-6H,1H3,(H,10,11,12);1-2H3. The monoisotopic (exact) mass is 209 g/mol. The Balaban J connectivity index is 0.000000791. The van der Waals surface area contributed by atoms with E-state index in [0.717, 1.165) is 0 Å². The van der Waals surface area contributed by atoms with Gasteiger partial charge in [-0.15, -0.1) is 0 Å². The molecule has 1 N–H and O–H groups in total. The van der Waals surface area contributed by atoms with Gasteiger partial charge in [0, 0.05) is 5.56 Å². The van der Waals surface area contributed by atoms with Crippen molar-refractivity contribution in [3.05, 3.63) is 35.9 Å². The molecule has 0 radical (unpaired) electrons. The van der Waals surface area contributed by atoms with Gasteiger partial charge in [-0.25, -0.2) is 0 Å². The number of amides is 1. The molecule has 1 amide bonds. The average molecular weight is 209 g/mol. The zero-order valence-electron chi connectivity index (χ0n) is 8.70. The maximum absolute atomic E-state index is 11.3. The van der Waals surface area contributed by atoms with Gasteiger partial charge in [-0.2, -0.15) is 0 Å². The van der Waals surface area contributed by atoms with Gasteiger partial charge in [0.15, 0.2) is 0 Å². The first-order valence-electron chi connectivity index (χ1n) is 4.57. The lowest BCUT2D eigenvalue weighted by Crippen LogP contribution is -2.26. The van der Waals surface area contributed by atoms with Gasteiger partial charge in [0.2, 0.25) is 0 Å². The summed E-state index contributed by atoms with van der Waals surface area (Å²) in [5.74, 6) is -0.150. The highest BCUT2D eigenvalue weighted by Gasteiger charge is 2.02. The van der Waals surface area contributed by atoms with Gasteiger partial charge in [-0.1, -0.05) is 44.3 Å². The summed E-state index contributed by atoms with van der Waals surface area (Å²) in [4.78, 5) is 11.7. The predicted octanol–water partition coefficient (Wildman–Crippen LogP) is 2.79. The SMILES string of the molecule is CC.CC(=S)NC(=O)c1ccccc1. The van der Waals surface area contributed by atoms with Crippen LogP contribution in [0.15, 0.2) is 30.3 Å². The van der Waals surface area contributed by atoms with Gasteiger partial charge in [-0.05, 0) is 19.1 Å². The van der Waals surface area contributed by atoms with Crippen LogP contribution in [0, 0.1) is 0 Å². The van der Waals surface area contributed by atoms with Gasteiger partial charge in [0.25, 0.3) is 5.91 Å². The van der Waals surface area contributed by atoms with Crippen LogP contribution in [0.2, 0.25) is 0 Å². The van der Waals surface area contributed by atoms with Crippen molar-refractivity contribution in [2.75, 3.05) is 0 Å². The van der Waals surface area contributed by atoms with Crippen molar-refractivity contribution in [2.45, 2.75) is 20.8 Å². The number of hydrogen-bond donors (Lipinski definition) is 1. The molecule has 0 unspecified atom stereocenters. The summed E-state index contributed by atoms with van der Waals surface area (Å²) < 4.78 is 0. The molecule has 76 valence electrons. The van der Waals surface area contributed by atoms with Crippen molar-refractivity contribution in [2.24, 2.45) is 0 Å². The molecule has 0 aromatic heterocycles. The first-order valence-corrected chi connectivity index (χ1v) is 4.98. The van der Waals surface area contributed by atoms with Crippen molar-refractivity contribution >= 4 is 23.1 Å².